The summed E-state index contributed by atoms with van der Waals surface area (Å²) < 4.78 is 0. The van der Waals surface area contributed by atoms with E-state index in [9.17, 15) is 4.79 Å². The van der Waals surface area contributed by atoms with Crippen molar-refractivity contribution >= 4 is 17.0 Å². The zero-order valence-electron chi connectivity index (χ0n) is 8.06. The lowest BCUT2D eigenvalue weighted by molar-refractivity contribution is 0.263. The van der Waals surface area contributed by atoms with Crippen LogP contribution in [0.3, 0.4) is 0 Å². The molecule has 0 spiro atoms. The van der Waals surface area contributed by atoms with Gasteiger partial charge in [-0.2, -0.15) is 0 Å². The van der Waals surface area contributed by atoms with Crippen molar-refractivity contribution in [3.05, 3.63) is 42.1 Å². The predicted octanol–water partition coefficient (Wildman–Crippen LogP) is 2.27. The molecule has 1 saturated heterocycles. The molecule has 78 valence electrons. The van der Waals surface area contributed by atoms with E-state index >= 15 is 0 Å². The van der Waals surface area contributed by atoms with Gasteiger partial charge >= 0.3 is 0 Å². The van der Waals surface area contributed by atoms with E-state index < -0.39 is 0 Å². The number of rotatable bonds is 2. The topological polar surface area (TPSA) is 49.3 Å². The van der Waals surface area contributed by atoms with Crippen LogP contribution in [0.1, 0.15) is 5.56 Å². The third-order valence-corrected chi connectivity index (χ3v) is 3.31. The molecule has 1 aliphatic rings. The maximum atomic E-state index is 11.1. The molecule has 0 saturated carbocycles. The van der Waals surface area contributed by atoms with Crippen LogP contribution >= 0.6 is 11.8 Å². The molecular weight excluding hydrogens is 210 g/mol. The summed E-state index contributed by atoms with van der Waals surface area (Å²) in [6, 6.07) is 7.00. The Morgan fingerprint density at radius 3 is 2.60 bits per heavy atom. The van der Waals surface area contributed by atoms with Gasteiger partial charge in [0.15, 0.2) is 0 Å². The molecule has 1 fully saturated rings. The number of carbonyl (C=O) groups excluding carboxylic acids is 1. The van der Waals surface area contributed by atoms with Crippen molar-refractivity contribution in [1.82, 2.24) is 5.32 Å². The zero-order chi connectivity index (χ0) is 10.8. The summed E-state index contributed by atoms with van der Waals surface area (Å²) in [6.45, 7) is 3.80. The van der Waals surface area contributed by atoms with Gasteiger partial charge in [-0.15, -0.1) is 0 Å². The van der Waals surface area contributed by atoms with Crippen LogP contribution in [-0.2, 0) is 6.42 Å². The quantitative estimate of drug-likeness (QED) is 0.805. The van der Waals surface area contributed by atoms with E-state index in [4.69, 9.17) is 5.11 Å². The Hall–Kier alpha value is -1.42. The fourth-order valence-corrected chi connectivity index (χ4v) is 2.38. The lowest BCUT2D eigenvalue weighted by atomic mass is 10.1. The van der Waals surface area contributed by atoms with Gasteiger partial charge in [-0.25, -0.2) is 0 Å². The van der Waals surface area contributed by atoms with E-state index in [0.717, 1.165) is 17.7 Å². The van der Waals surface area contributed by atoms with Gasteiger partial charge in [-0.05, 0) is 24.1 Å². The van der Waals surface area contributed by atoms with Crippen molar-refractivity contribution in [2.75, 3.05) is 0 Å². The van der Waals surface area contributed by atoms with Crippen molar-refractivity contribution in [3.63, 3.8) is 0 Å². The van der Waals surface area contributed by atoms with Crippen LogP contribution in [0, 0.1) is 0 Å². The third-order valence-electron chi connectivity index (χ3n) is 2.26. The van der Waals surface area contributed by atoms with Gasteiger partial charge in [0.25, 0.3) is 5.24 Å². The van der Waals surface area contributed by atoms with Gasteiger partial charge in [0, 0.05) is 5.70 Å². The van der Waals surface area contributed by atoms with E-state index in [1.165, 1.54) is 11.8 Å². The Bertz CT molecular complexity index is 400. The molecule has 1 atom stereocenters. The molecule has 1 aromatic carbocycles. The first kappa shape index (κ1) is 10.1. The highest BCUT2D eigenvalue weighted by Gasteiger charge is 2.26. The summed E-state index contributed by atoms with van der Waals surface area (Å²) in [5.41, 5.74) is 1.85. The molecule has 0 aromatic heterocycles. The fraction of sp³-hybridized carbons (Fsp3) is 0.182. The van der Waals surface area contributed by atoms with Crippen LogP contribution in [0.25, 0.3) is 0 Å². The van der Waals surface area contributed by atoms with Crippen LogP contribution in [0.5, 0.6) is 5.75 Å². The highest BCUT2D eigenvalue weighted by molar-refractivity contribution is 8.14. The standard InChI is InChI=1S/C11H11NO2S/c1-7-10(15-11(14)12-7)6-8-2-4-9(13)5-3-8/h2-5,10,13H,1,6H2,(H,12,14). The lowest BCUT2D eigenvalue weighted by Gasteiger charge is -2.07. The minimum Gasteiger partial charge on any atom is -0.508 e. The number of phenolic OH excluding ortho intramolecular Hbond substituents is 1. The number of phenols is 1. The number of nitrogens with one attached hydrogen (secondary N) is 1. The van der Waals surface area contributed by atoms with E-state index in [2.05, 4.69) is 11.9 Å². The lowest BCUT2D eigenvalue weighted by Crippen LogP contribution is -2.12. The fourth-order valence-electron chi connectivity index (χ4n) is 1.45. The number of hydrogen-bond donors (Lipinski definition) is 2. The van der Waals surface area contributed by atoms with Crippen molar-refractivity contribution in [1.29, 1.82) is 0 Å². The molecule has 3 nitrogen and oxygen atoms in total. The minimum absolute atomic E-state index is 0.0382. The maximum Gasteiger partial charge on any atom is 0.283 e. The van der Waals surface area contributed by atoms with Crippen LogP contribution in [0.2, 0.25) is 0 Å². The second-order valence-corrected chi connectivity index (χ2v) is 4.59. The Morgan fingerprint density at radius 2 is 2.07 bits per heavy atom. The third kappa shape index (κ3) is 2.33. The Balaban J connectivity index is 2.06. The summed E-state index contributed by atoms with van der Waals surface area (Å²) in [5.74, 6) is 0.255. The van der Waals surface area contributed by atoms with Crippen molar-refractivity contribution < 1.29 is 9.90 Å². The second-order valence-electron chi connectivity index (χ2n) is 3.41. The number of aromatic hydroxyl groups is 1. The molecule has 1 unspecified atom stereocenters. The first-order chi connectivity index (χ1) is 7.15. The Morgan fingerprint density at radius 1 is 1.40 bits per heavy atom. The van der Waals surface area contributed by atoms with Crippen LogP contribution in [-0.4, -0.2) is 15.6 Å². The van der Waals surface area contributed by atoms with Gasteiger partial charge in [-0.3, -0.25) is 4.79 Å². The summed E-state index contributed by atoms with van der Waals surface area (Å²) in [5, 5.41) is 11.9. The number of benzene rings is 1. The van der Waals surface area contributed by atoms with Crippen LogP contribution in [0.4, 0.5) is 4.79 Å². The average Bonchev–Trinajstić information content (AvgIpc) is 2.49. The first-order valence-electron chi connectivity index (χ1n) is 4.59. The largest absolute Gasteiger partial charge is 0.508 e. The zero-order valence-corrected chi connectivity index (χ0v) is 8.88. The molecule has 1 aromatic rings. The van der Waals surface area contributed by atoms with E-state index in [0.29, 0.717) is 0 Å². The van der Waals surface area contributed by atoms with Gasteiger partial charge in [0.1, 0.15) is 5.75 Å². The molecule has 4 heteroatoms. The van der Waals surface area contributed by atoms with Crippen molar-refractivity contribution in [2.24, 2.45) is 0 Å². The highest BCUT2D eigenvalue weighted by Crippen LogP contribution is 2.28. The molecule has 1 heterocycles. The smallest absolute Gasteiger partial charge is 0.283 e. The van der Waals surface area contributed by atoms with E-state index in [1.807, 2.05) is 12.1 Å². The number of carbonyl (C=O) groups is 1. The van der Waals surface area contributed by atoms with Gasteiger partial charge in [-0.1, -0.05) is 30.5 Å². The van der Waals surface area contributed by atoms with Gasteiger partial charge < -0.3 is 10.4 Å². The van der Waals surface area contributed by atoms with Gasteiger partial charge in [0.2, 0.25) is 0 Å². The normalized spacial score (nSPS) is 20.4. The first-order valence-corrected chi connectivity index (χ1v) is 5.47. The van der Waals surface area contributed by atoms with Crippen molar-refractivity contribution in [3.8, 4) is 5.75 Å². The second kappa shape index (κ2) is 3.98. The highest BCUT2D eigenvalue weighted by atomic mass is 32.2. The number of hydrogen-bond acceptors (Lipinski definition) is 3. The number of thioether (sulfide) groups is 1. The summed E-state index contributed by atoms with van der Waals surface area (Å²) in [7, 11) is 0. The molecule has 0 aliphatic carbocycles. The van der Waals surface area contributed by atoms with Crippen molar-refractivity contribution in [2.45, 2.75) is 11.7 Å². The van der Waals surface area contributed by atoms with Crippen LogP contribution < -0.4 is 5.32 Å². The van der Waals surface area contributed by atoms with E-state index in [-0.39, 0.29) is 16.2 Å². The molecule has 0 bridgehead atoms. The maximum absolute atomic E-state index is 11.1. The Kier molecular flexibility index (Phi) is 2.68. The molecule has 2 rings (SSSR count). The SMILES string of the molecule is C=C1NC(=O)SC1Cc1ccc(O)cc1. The summed E-state index contributed by atoms with van der Waals surface area (Å²) in [4.78, 5) is 11.1. The summed E-state index contributed by atoms with van der Waals surface area (Å²) >= 11 is 1.26. The molecular formula is C11H11NO2S. The number of amides is 1. The monoisotopic (exact) mass is 221 g/mol. The van der Waals surface area contributed by atoms with E-state index in [1.54, 1.807) is 12.1 Å². The predicted molar refractivity (Wildman–Crippen MR) is 60.9 cm³/mol. The summed E-state index contributed by atoms with van der Waals surface area (Å²) in [6.07, 6.45) is 0.752. The molecule has 2 N–H and O–H groups in total. The molecule has 15 heavy (non-hydrogen) atoms. The molecule has 1 aliphatic heterocycles. The molecule has 1 amide bonds. The average molecular weight is 221 g/mol. The minimum atomic E-state index is -0.0382. The van der Waals surface area contributed by atoms with Crippen LogP contribution in [0.15, 0.2) is 36.5 Å². The van der Waals surface area contributed by atoms with Gasteiger partial charge in [0.05, 0.1) is 5.25 Å². The molecule has 0 radical (unpaired) electrons. The Labute approximate surface area is 92.2 Å².